The number of urea groups is 1. The van der Waals surface area contributed by atoms with Crippen LogP contribution in [0.25, 0.3) is 11.1 Å². The minimum absolute atomic E-state index is 0.233. The van der Waals surface area contributed by atoms with E-state index in [2.05, 4.69) is 15.5 Å². The number of nitrogens with one attached hydrogen (secondary N) is 2. The number of hydrogen-bond donors (Lipinski definition) is 2. The first-order chi connectivity index (χ1) is 15.4. The molecule has 3 amide bonds. The van der Waals surface area contributed by atoms with Gasteiger partial charge in [-0.1, -0.05) is 12.1 Å². The van der Waals surface area contributed by atoms with Crippen molar-refractivity contribution in [1.82, 2.24) is 15.5 Å². The minimum atomic E-state index is -0.785. The fraction of sp³-hybridized carbons (Fsp3) is 0.417. The Bertz CT molecular complexity index is 974. The van der Waals surface area contributed by atoms with Crippen molar-refractivity contribution in [3.63, 3.8) is 0 Å². The molecule has 0 aromatic heterocycles. The molecule has 170 valence electrons. The number of benzene rings is 2. The fourth-order valence-electron chi connectivity index (χ4n) is 4.41. The number of ether oxygens (including phenoxy) is 2. The number of carbonyl (C=O) groups excluding carboxylic acids is 2. The van der Waals surface area contributed by atoms with Crippen LogP contribution in [0.15, 0.2) is 36.4 Å². The number of rotatable bonds is 7. The summed E-state index contributed by atoms with van der Waals surface area (Å²) in [5.74, 6) is 0.853. The van der Waals surface area contributed by atoms with Crippen molar-refractivity contribution in [2.24, 2.45) is 0 Å². The Morgan fingerprint density at radius 1 is 1.00 bits per heavy atom. The number of halogens is 1. The van der Waals surface area contributed by atoms with E-state index in [0.717, 1.165) is 16.7 Å². The van der Waals surface area contributed by atoms with Crippen molar-refractivity contribution in [2.45, 2.75) is 38.8 Å². The van der Waals surface area contributed by atoms with Gasteiger partial charge >= 0.3 is 6.03 Å². The third-order valence-corrected chi connectivity index (χ3v) is 5.99. The number of amides is 3. The third kappa shape index (κ3) is 4.41. The molecule has 0 aliphatic carbocycles. The lowest BCUT2D eigenvalue weighted by molar-refractivity contribution is -0.125. The molecule has 2 N–H and O–H groups in total. The van der Waals surface area contributed by atoms with Gasteiger partial charge in [-0.25, -0.2) is 9.18 Å². The molecule has 2 aromatic carbocycles. The number of likely N-dealkylation sites (tertiary alicyclic amines) is 1. The van der Waals surface area contributed by atoms with Crippen LogP contribution in [-0.2, 0) is 11.3 Å². The molecule has 8 heteroatoms. The molecule has 0 unspecified atom stereocenters. The number of hydrogen-bond acceptors (Lipinski definition) is 5. The van der Waals surface area contributed by atoms with E-state index >= 15 is 0 Å². The first-order valence-corrected chi connectivity index (χ1v) is 11.0. The van der Waals surface area contributed by atoms with Crippen LogP contribution in [0.3, 0.4) is 0 Å². The maximum absolute atomic E-state index is 13.5. The normalized spacial score (nSPS) is 17.8. The zero-order valence-electron chi connectivity index (χ0n) is 18.4. The van der Waals surface area contributed by atoms with Gasteiger partial charge in [-0.3, -0.25) is 15.0 Å². The van der Waals surface area contributed by atoms with Gasteiger partial charge in [-0.05, 0) is 62.1 Å². The molecule has 0 saturated carbocycles. The Kier molecular flexibility index (Phi) is 6.32. The molecule has 0 bridgehead atoms. The van der Waals surface area contributed by atoms with E-state index in [1.54, 1.807) is 12.1 Å². The van der Waals surface area contributed by atoms with E-state index in [4.69, 9.17) is 9.47 Å². The van der Waals surface area contributed by atoms with Crippen LogP contribution >= 0.6 is 0 Å². The standard InChI is InChI=1S/C24H28FN3O4/c1-3-31-19-13-16(14-20(32-4-2)21(19)17-5-7-18(25)8-6-17)15-28-11-9-24(10-12-28)22(29)26-23(30)27-24/h5-8,13-14H,3-4,9-12,15H2,1-2H3,(H2,26,27,29,30). The average Bonchev–Trinajstić information content (AvgIpc) is 3.04. The molecule has 1 spiro atoms. The Morgan fingerprint density at radius 2 is 1.59 bits per heavy atom. The Labute approximate surface area is 186 Å². The predicted octanol–water partition coefficient (Wildman–Crippen LogP) is 3.46. The van der Waals surface area contributed by atoms with Gasteiger partial charge in [0.2, 0.25) is 0 Å². The van der Waals surface area contributed by atoms with Gasteiger partial charge in [-0.15, -0.1) is 0 Å². The molecular formula is C24H28FN3O4. The summed E-state index contributed by atoms with van der Waals surface area (Å²) in [6, 6.07) is 9.88. The van der Waals surface area contributed by atoms with Crippen LogP contribution in [-0.4, -0.2) is 48.7 Å². The lowest BCUT2D eigenvalue weighted by Crippen LogP contribution is -2.54. The molecular weight excluding hydrogens is 413 g/mol. The predicted molar refractivity (Wildman–Crippen MR) is 118 cm³/mol. The highest BCUT2D eigenvalue weighted by Crippen LogP contribution is 2.40. The molecule has 2 aromatic rings. The van der Waals surface area contributed by atoms with Crippen LogP contribution in [0.4, 0.5) is 9.18 Å². The first kappa shape index (κ1) is 22.1. The molecule has 0 radical (unpaired) electrons. The SMILES string of the molecule is CCOc1cc(CN2CCC3(CC2)NC(=O)NC3=O)cc(OCC)c1-c1ccc(F)cc1. The van der Waals surface area contributed by atoms with E-state index in [-0.39, 0.29) is 11.7 Å². The maximum atomic E-state index is 13.5. The summed E-state index contributed by atoms with van der Waals surface area (Å²) < 4.78 is 25.4. The zero-order valence-corrected chi connectivity index (χ0v) is 18.4. The monoisotopic (exact) mass is 441 g/mol. The quantitative estimate of drug-likeness (QED) is 0.644. The third-order valence-electron chi connectivity index (χ3n) is 5.99. The van der Waals surface area contributed by atoms with Gasteiger partial charge in [0.1, 0.15) is 22.9 Å². The van der Waals surface area contributed by atoms with Crippen molar-refractivity contribution >= 4 is 11.9 Å². The minimum Gasteiger partial charge on any atom is -0.493 e. The Hall–Kier alpha value is -3.13. The smallest absolute Gasteiger partial charge is 0.322 e. The van der Waals surface area contributed by atoms with Crippen molar-refractivity contribution in [3.05, 3.63) is 47.8 Å². The summed E-state index contributed by atoms with van der Waals surface area (Å²) >= 11 is 0. The van der Waals surface area contributed by atoms with Crippen LogP contribution in [0.1, 0.15) is 32.3 Å². The summed E-state index contributed by atoms with van der Waals surface area (Å²) in [6.45, 7) is 6.85. The molecule has 2 heterocycles. The van der Waals surface area contributed by atoms with Gasteiger partial charge in [-0.2, -0.15) is 0 Å². The summed E-state index contributed by atoms with van der Waals surface area (Å²) in [5.41, 5.74) is 1.87. The highest BCUT2D eigenvalue weighted by molar-refractivity contribution is 6.07. The molecule has 4 rings (SSSR count). The van der Waals surface area contributed by atoms with Gasteiger partial charge in [0.05, 0.1) is 18.8 Å². The van der Waals surface area contributed by atoms with Gasteiger partial charge < -0.3 is 14.8 Å². The summed E-state index contributed by atoms with van der Waals surface area (Å²) in [5, 5.41) is 5.14. The number of piperidine rings is 1. The van der Waals surface area contributed by atoms with E-state index in [1.807, 2.05) is 26.0 Å². The second-order valence-corrected chi connectivity index (χ2v) is 8.11. The maximum Gasteiger partial charge on any atom is 0.322 e. The summed E-state index contributed by atoms with van der Waals surface area (Å²) in [6.07, 6.45) is 1.13. The largest absolute Gasteiger partial charge is 0.493 e. The lowest BCUT2D eigenvalue weighted by Gasteiger charge is -2.37. The Balaban J connectivity index is 1.57. The van der Waals surface area contributed by atoms with E-state index < -0.39 is 11.6 Å². The van der Waals surface area contributed by atoms with Crippen molar-refractivity contribution in [1.29, 1.82) is 0 Å². The van der Waals surface area contributed by atoms with Crippen LogP contribution in [0, 0.1) is 5.82 Å². The highest BCUT2D eigenvalue weighted by atomic mass is 19.1. The van der Waals surface area contributed by atoms with Crippen LogP contribution < -0.4 is 20.1 Å². The van der Waals surface area contributed by atoms with Crippen molar-refractivity contribution < 1.29 is 23.5 Å². The zero-order chi connectivity index (χ0) is 22.7. The summed E-state index contributed by atoms with van der Waals surface area (Å²) in [7, 11) is 0. The van der Waals surface area contributed by atoms with Crippen molar-refractivity contribution in [3.8, 4) is 22.6 Å². The molecule has 0 atom stereocenters. The lowest BCUT2D eigenvalue weighted by atomic mass is 9.87. The van der Waals surface area contributed by atoms with Gasteiger partial charge in [0, 0.05) is 19.6 Å². The van der Waals surface area contributed by atoms with Crippen LogP contribution in [0.5, 0.6) is 11.5 Å². The second kappa shape index (κ2) is 9.16. The van der Waals surface area contributed by atoms with Gasteiger partial charge in [0.25, 0.3) is 5.91 Å². The molecule has 2 saturated heterocycles. The first-order valence-electron chi connectivity index (χ1n) is 11.0. The fourth-order valence-corrected chi connectivity index (χ4v) is 4.41. The number of nitrogens with zero attached hydrogens (tertiary/aromatic N) is 1. The Morgan fingerprint density at radius 3 is 2.09 bits per heavy atom. The number of carbonyl (C=O) groups is 2. The number of imide groups is 1. The molecule has 32 heavy (non-hydrogen) atoms. The molecule has 2 aliphatic rings. The van der Waals surface area contributed by atoms with E-state index in [1.165, 1.54) is 12.1 Å². The van der Waals surface area contributed by atoms with Crippen LogP contribution in [0.2, 0.25) is 0 Å². The average molecular weight is 442 g/mol. The van der Waals surface area contributed by atoms with Crippen molar-refractivity contribution in [2.75, 3.05) is 26.3 Å². The molecule has 2 aliphatic heterocycles. The molecule has 7 nitrogen and oxygen atoms in total. The second-order valence-electron chi connectivity index (χ2n) is 8.11. The highest BCUT2D eigenvalue weighted by Gasteiger charge is 2.47. The van der Waals surface area contributed by atoms with E-state index in [9.17, 15) is 14.0 Å². The van der Waals surface area contributed by atoms with E-state index in [0.29, 0.717) is 57.2 Å². The van der Waals surface area contributed by atoms with Gasteiger partial charge in [0.15, 0.2) is 0 Å². The topological polar surface area (TPSA) is 79.9 Å². The molecule has 2 fully saturated rings. The summed E-state index contributed by atoms with van der Waals surface area (Å²) in [4.78, 5) is 26.0.